The van der Waals surface area contributed by atoms with Crippen molar-refractivity contribution in [2.24, 2.45) is 7.05 Å². The van der Waals surface area contributed by atoms with E-state index in [4.69, 9.17) is 4.98 Å². The Morgan fingerprint density at radius 3 is 2.55 bits per heavy atom. The third-order valence-corrected chi connectivity index (χ3v) is 5.77. The highest BCUT2D eigenvalue weighted by Crippen LogP contribution is 2.34. The topological polar surface area (TPSA) is 109 Å². The highest BCUT2D eigenvalue weighted by Gasteiger charge is 2.45. The van der Waals surface area contributed by atoms with Crippen molar-refractivity contribution in [1.29, 1.82) is 0 Å². The molecule has 1 aliphatic heterocycles. The summed E-state index contributed by atoms with van der Waals surface area (Å²) in [5.74, 6) is 0.792. The molecular weight excluding hydrogens is 418 g/mol. The van der Waals surface area contributed by atoms with Gasteiger partial charge in [-0.25, -0.2) is 15.0 Å². The lowest BCUT2D eigenvalue weighted by atomic mass is 9.90. The van der Waals surface area contributed by atoms with Crippen LogP contribution in [0.15, 0.2) is 67.0 Å². The minimum atomic E-state index is -1.50. The number of pyridine rings is 1. The van der Waals surface area contributed by atoms with E-state index in [1.807, 2.05) is 55.7 Å². The van der Waals surface area contributed by atoms with Crippen LogP contribution >= 0.6 is 0 Å². The number of amides is 1. The molecular formula is C24H23N7O2. The molecule has 1 aliphatic rings. The molecule has 166 valence electrons. The zero-order valence-electron chi connectivity index (χ0n) is 18.3. The molecule has 9 heteroatoms. The molecule has 0 spiro atoms. The van der Waals surface area contributed by atoms with Gasteiger partial charge in [0.25, 0.3) is 5.91 Å². The normalized spacial score (nSPS) is 18.0. The third kappa shape index (κ3) is 3.94. The lowest BCUT2D eigenvalue weighted by Crippen LogP contribution is -2.36. The van der Waals surface area contributed by atoms with Crippen molar-refractivity contribution in [3.63, 3.8) is 0 Å². The highest BCUT2D eigenvalue weighted by molar-refractivity contribution is 5.88. The average molecular weight is 441 g/mol. The van der Waals surface area contributed by atoms with Gasteiger partial charge in [0.1, 0.15) is 0 Å². The van der Waals surface area contributed by atoms with Crippen LogP contribution in [0, 0.1) is 0 Å². The Labute approximate surface area is 190 Å². The van der Waals surface area contributed by atoms with Crippen LogP contribution in [0.1, 0.15) is 12.0 Å². The number of hydrogen-bond donors (Lipinski definition) is 2. The number of carbonyl (C=O) groups is 1. The predicted octanol–water partition coefficient (Wildman–Crippen LogP) is 2.73. The Bertz CT molecular complexity index is 1340. The molecule has 1 saturated heterocycles. The number of aryl methyl sites for hydroxylation is 1. The number of nitrogens with one attached hydrogen (secondary N) is 1. The summed E-state index contributed by atoms with van der Waals surface area (Å²) in [7, 11) is 3.54. The van der Waals surface area contributed by atoms with Crippen LogP contribution in [0.3, 0.4) is 0 Å². The lowest BCUT2D eigenvalue weighted by Gasteiger charge is -2.21. The third-order valence-electron chi connectivity index (χ3n) is 5.77. The van der Waals surface area contributed by atoms with Crippen LogP contribution in [0.25, 0.3) is 22.6 Å². The molecule has 9 nitrogen and oxygen atoms in total. The molecule has 33 heavy (non-hydrogen) atoms. The summed E-state index contributed by atoms with van der Waals surface area (Å²) in [6.07, 6.45) is 3.87. The second kappa shape index (κ2) is 8.10. The van der Waals surface area contributed by atoms with Gasteiger partial charge in [-0.3, -0.25) is 9.48 Å². The van der Waals surface area contributed by atoms with Crippen LogP contribution < -0.4 is 5.32 Å². The van der Waals surface area contributed by atoms with Crippen molar-refractivity contribution in [2.45, 2.75) is 12.0 Å². The molecule has 0 radical (unpaired) electrons. The van der Waals surface area contributed by atoms with E-state index in [-0.39, 0.29) is 5.91 Å². The van der Waals surface area contributed by atoms with E-state index in [2.05, 4.69) is 20.4 Å². The molecule has 3 aromatic heterocycles. The fourth-order valence-corrected chi connectivity index (χ4v) is 3.95. The van der Waals surface area contributed by atoms with Crippen molar-refractivity contribution < 1.29 is 9.90 Å². The van der Waals surface area contributed by atoms with Crippen LogP contribution in [0.5, 0.6) is 0 Å². The van der Waals surface area contributed by atoms with E-state index in [9.17, 15) is 9.90 Å². The summed E-state index contributed by atoms with van der Waals surface area (Å²) in [5, 5.41) is 18.4. The molecule has 5 rings (SSSR count). The predicted molar refractivity (Wildman–Crippen MR) is 123 cm³/mol. The zero-order chi connectivity index (χ0) is 23.0. The number of benzene rings is 1. The van der Waals surface area contributed by atoms with E-state index in [1.165, 1.54) is 0 Å². The summed E-state index contributed by atoms with van der Waals surface area (Å²) in [6, 6.07) is 16.7. The first kappa shape index (κ1) is 20.8. The van der Waals surface area contributed by atoms with Gasteiger partial charge in [-0.2, -0.15) is 5.10 Å². The monoisotopic (exact) mass is 441 g/mol. The Kier molecular flexibility index (Phi) is 5.10. The summed E-state index contributed by atoms with van der Waals surface area (Å²) in [6.45, 7) is 0.524. The van der Waals surface area contributed by atoms with Crippen LogP contribution in [0.4, 0.5) is 11.8 Å². The van der Waals surface area contributed by atoms with Crippen molar-refractivity contribution in [1.82, 2.24) is 29.6 Å². The SMILES string of the molecule is CN1CCC(O)(c2cccc(-c3cccc(-c4ccnc(Nc5ccn(C)n5)n4)n3)c2)C1=O. The van der Waals surface area contributed by atoms with Gasteiger partial charge in [-0.1, -0.05) is 24.3 Å². The molecule has 1 amide bonds. The van der Waals surface area contributed by atoms with Gasteiger partial charge in [-0.15, -0.1) is 0 Å². The van der Waals surface area contributed by atoms with E-state index in [1.54, 1.807) is 35.0 Å². The van der Waals surface area contributed by atoms with Gasteiger partial charge in [0.2, 0.25) is 5.95 Å². The van der Waals surface area contributed by atoms with E-state index in [0.29, 0.717) is 41.7 Å². The number of nitrogens with zero attached hydrogens (tertiary/aromatic N) is 6. The first-order valence-corrected chi connectivity index (χ1v) is 10.6. The second-order valence-electron chi connectivity index (χ2n) is 8.09. The molecule has 0 bridgehead atoms. The van der Waals surface area contributed by atoms with Gasteiger partial charge >= 0.3 is 0 Å². The fourth-order valence-electron chi connectivity index (χ4n) is 3.95. The first-order valence-electron chi connectivity index (χ1n) is 10.6. The quantitative estimate of drug-likeness (QED) is 0.490. The molecule has 1 atom stereocenters. The standard InChI is InChI=1S/C24H23N7O2/c1-30-14-11-24(33,22(30)32)17-6-3-5-16(15-17)18-7-4-8-19(26-18)20-9-12-25-23(27-20)28-21-10-13-31(2)29-21/h3-10,12-13,15,33H,11,14H2,1-2H3,(H,25,27,28,29). The lowest BCUT2D eigenvalue weighted by molar-refractivity contribution is -0.143. The van der Waals surface area contributed by atoms with Gasteiger partial charge in [0.05, 0.1) is 17.1 Å². The largest absolute Gasteiger partial charge is 0.375 e. The van der Waals surface area contributed by atoms with Crippen molar-refractivity contribution in [3.8, 4) is 22.6 Å². The number of rotatable bonds is 5. The number of likely N-dealkylation sites (tertiary alicyclic amines) is 1. The Hall–Kier alpha value is -4.11. The maximum Gasteiger partial charge on any atom is 0.258 e. The first-order chi connectivity index (χ1) is 15.9. The van der Waals surface area contributed by atoms with Crippen molar-refractivity contribution >= 4 is 17.7 Å². The minimum absolute atomic E-state index is 0.282. The number of carbonyl (C=O) groups excluding carboxylic acids is 1. The molecule has 4 heterocycles. The molecule has 4 aromatic rings. The molecule has 1 fully saturated rings. The summed E-state index contributed by atoms with van der Waals surface area (Å²) in [4.78, 5) is 27.7. The molecule has 1 unspecified atom stereocenters. The maximum atomic E-state index is 12.5. The van der Waals surface area contributed by atoms with E-state index >= 15 is 0 Å². The van der Waals surface area contributed by atoms with Gasteiger partial charge in [0.15, 0.2) is 11.4 Å². The molecule has 0 saturated carbocycles. The highest BCUT2D eigenvalue weighted by atomic mass is 16.3. The van der Waals surface area contributed by atoms with E-state index in [0.717, 1.165) is 11.3 Å². The smallest absolute Gasteiger partial charge is 0.258 e. The number of aromatic nitrogens is 5. The number of anilines is 2. The Morgan fingerprint density at radius 1 is 1.00 bits per heavy atom. The molecule has 2 N–H and O–H groups in total. The molecule has 0 aliphatic carbocycles. The van der Waals surface area contributed by atoms with E-state index < -0.39 is 5.60 Å². The summed E-state index contributed by atoms with van der Waals surface area (Å²) < 4.78 is 1.69. The number of hydrogen-bond acceptors (Lipinski definition) is 7. The summed E-state index contributed by atoms with van der Waals surface area (Å²) in [5.41, 5.74) is 1.94. The zero-order valence-corrected chi connectivity index (χ0v) is 18.3. The Morgan fingerprint density at radius 2 is 1.79 bits per heavy atom. The van der Waals surface area contributed by atoms with Crippen LogP contribution in [-0.2, 0) is 17.4 Å². The van der Waals surface area contributed by atoms with Crippen molar-refractivity contribution in [2.75, 3.05) is 18.9 Å². The van der Waals surface area contributed by atoms with Gasteiger partial charge in [-0.05, 0) is 29.8 Å². The number of likely N-dealkylation sites (N-methyl/N-ethyl adjacent to an activating group) is 1. The van der Waals surface area contributed by atoms with Gasteiger partial charge < -0.3 is 15.3 Å². The number of aliphatic hydroxyl groups is 1. The van der Waals surface area contributed by atoms with Crippen LogP contribution in [0.2, 0.25) is 0 Å². The van der Waals surface area contributed by atoms with Crippen molar-refractivity contribution in [3.05, 3.63) is 72.6 Å². The second-order valence-corrected chi connectivity index (χ2v) is 8.09. The average Bonchev–Trinajstić information content (AvgIpc) is 3.37. The minimum Gasteiger partial charge on any atom is -0.375 e. The fraction of sp³-hybridized carbons (Fsp3) is 0.208. The Balaban J connectivity index is 1.45. The maximum absolute atomic E-state index is 12.5. The van der Waals surface area contributed by atoms with Gasteiger partial charge in [0, 0.05) is 51.1 Å². The summed E-state index contributed by atoms with van der Waals surface area (Å²) >= 11 is 0. The molecule has 1 aromatic carbocycles. The van der Waals surface area contributed by atoms with Crippen LogP contribution in [-0.4, -0.2) is 54.2 Å².